The van der Waals surface area contributed by atoms with Crippen LogP contribution in [0.25, 0.3) is 10.9 Å². The number of benzene rings is 2. The summed E-state index contributed by atoms with van der Waals surface area (Å²) in [5, 5.41) is 12.3. The van der Waals surface area contributed by atoms with Crippen LogP contribution in [0, 0.1) is 24.0 Å². The molecule has 174 valence electrons. The number of nitro benzene ring substituents is 1. The van der Waals surface area contributed by atoms with Crippen molar-refractivity contribution in [2.75, 3.05) is 0 Å². The first kappa shape index (κ1) is 23.3. The topological polar surface area (TPSA) is 126 Å². The summed E-state index contributed by atoms with van der Waals surface area (Å²) in [5.74, 6) is 0. The second-order valence-corrected chi connectivity index (χ2v) is 9.93. The summed E-state index contributed by atoms with van der Waals surface area (Å²) in [7, 11) is -4.35. The van der Waals surface area contributed by atoms with E-state index in [0.29, 0.717) is 11.1 Å². The maximum absolute atomic E-state index is 13.6. The van der Waals surface area contributed by atoms with E-state index >= 15 is 0 Å². The number of hydrogen-bond acceptors (Lipinski definition) is 6. The van der Waals surface area contributed by atoms with Gasteiger partial charge in [-0.1, -0.05) is 24.3 Å². The van der Waals surface area contributed by atoms with Crippen LogP contribution in [0.1, 0.15) is 22.3 Å². The van der Waals surface area contributed by atoms with E-state index in [9.17, 15) is 23.3 Å². The summed E-state index contributed by atoms with van der Waals surface area (Å²) in [4.78, 5) is 30.1. The molecule has 4 aromatic rings. The third-order valence-electron chi connectivity index (χ3n) is 5.50. The van der Waals surface area contributed by atoms with Crippen LogP contribution >= 0.6 is 0 Å². The molecule has 0 aliphatic heterocycles. The first-order valence-electron chi connectivity index (χ1n) is 10.4. The van der Waals surface area contributed by atoms with Crippen LogP contribution in [-0.2, 0) is 23.1 Å². The number of H-pyrrole nitrogens is 1. The molecule has 0 atom stereocenters. The zero-order valence-corrected chi connectivity index (χ0v) is 19.4. The van der Waals surface area contributed by atoms with Gasteiger partial charge in [-0.3, -0.25) is 19.9 Å². The predicted molar refractivity (Wildman–Crippen MR) is 128 cm³/mol. The lowest BCUT2D eigenvalue weighted by molar-refractivity contribution is -0.387. The number of nitrogens with one attached hydrogen (secondary N) is 1. The van der Waals surface area contributed by atoms with Gasteiger partial charge >= 0.3 is 0 Å². The Bertz CT molecular complexity index is 1550. The highest BCUT2D eigenvalue weighted by atomic mass is 32.2. The maximum Gasteiger partial charge on any atom is 0.289 e. The summed E-state index contributed by atoms with van der Waals surface area (Å²) in [5.41, 5.74) is 2.44. The molecule has 0 saturated heterocycles. The number of hydrogen-bond donors (Lipinski definition) is 1. The van der Waals surface area contributed by atoms with Crippen LogP contribution < -0.4 is 5.56 Å². The van der Waals surface area contributed by atoms with Crippen molar-refractivity contribution >= 4 is 26.6 Å². The molecular weight excluding hydrogens is 456 g/mol. The molecule has 4 rings (SSSR count). The minimum absolute atomic E-state index is 0.118. The second-order valence-electron chi connectivity index (χ2n) is 8.03. The molecule has 0 bridgehead atoms. The van der Waals surface area contributed by atoms with Gasteiger partial charge < -0.3 is 4.98 Å². The molecule has 10 heteroatoms. The van der Waals surface area contributed by atoms with Crippen LogP contribution in [0.2, 0.25) is 0 Å². The lowest BCUT2D eigenvalue weighted by atomic mass is 10.0. The summed E-state index contributed by atoms with van der Waals surface area (Å²) in [6, 6.07) is 14.0. The Kier molecular flexibility index (Phi) is 6.27. The molecular formula is C24H22N4O5S. The number of rotatable bonds is 7. The van der Waals surface area contributed by atoms with E-state index in [-0.39, 0.29) is 18.7 Å². The van der Waals surface area contributed by atoms with Gasteiger partial charge in [0.15, 0.2) is 4.90 Å². The Hall–Kier alpha value is -3.89. The lowest BCUT2D eigenvalue weighted by Crippen LogP contribution is -2.33. The fraction of sp³-hybridized carbons (Fsp3) is 0.167. The quantitative estimate of drug-likeness (QED) is 0.318. The zero-order chi connectivity index (χ0) is 24.5. The highest BCUT2D eigenvalue weighted by molar-refractivity contribution is 7.89. The third-order valence-corrected chi connectivity index (χ3v) is 7.34. The lowest BCUT2D eigenvalue weighted by Gasteiger charge is -2.22. The molecule has 34 heavy (non-hydrogen) atoms. The molecule has 0 radical (unpaired) electrons. The van der Waals surface area contributed by atoms with E-state index in [4.69, 9.17) is 0 Å². The van der Waals surface area contributed by atoms with E-state index < -0.39 is 31.1 Å². The van der Waals surface area contributed by atoms with Crippen LogP contribution in [-0.4, -0.2) is 27.6 Å². The van der Waals surface area contributed by atoms with Crippen molar-refractivity contribution in [3.05, 3.63) is 110 Å². The van der Waals surface area contributed by atoms with Crippen LogP contribution in [0.15, 0.2) is 76.7 Å². The van der Waals surface area contributed by atoms with Crippen molar-refractivity contribution in [3.63, 3.8) is 0 Å². The Balaban J connectivity index is 1.84. The van der Waals surface area contributed by atoms with Gasteiger partial charge in [-0.05, 0) is 54.8 Å². The average Bonchev–Trinajstić information content (AvgIpc) is 2.80. The number of para-hydroxylation sites is 1. The van der Waals surface area contributed by atoms with E-state index in [2.05, 4.69) is 9.97 Å². The standard InChI is InChI=1S/C24H22N4O5S/c1-16-10-17(2)20-12-19(24(29)26-21(20)11-16)15-27(14-18-6-5-9-25-13-18)34(32,33)23-8-4-3-7-22(23)28(30)31/h3-13H,14-15H2,1-2H3,(H,26,29). The summed E-state index contributed by atoms with van der Waals surface area (Å²) >= 11 is 0. The summed E-state index contributed by atoms with van der Waals surface area (Å²) < 4.78 is 28.3. The third kappa shape index (κ3) is 4.59. The molecule has 2 aromatic carbocycles. The molecule has 0 aliphatic carbocycles. The monoisotopic (exact) mass is 478 g/mol. The fourth-order valence-electron chi connectivity index (χ4n) is 3.91. The van der Waals surface area contributed by atoms with Gasteiger partial charge in [-0.25, -0.2) is 8.42 Å². The minimum Gasteiger partial charge on any atom is -0.322 e. The smallest absolute Gasteiger partial charge is 0.289 e. The molecule has 0 aliphatic rings. The van der Waals surface area contributed by atoms with Crippen molar-refractivity contribution in [2.24, 2.45) is 0 Å². The predicted octanol–water partition coefficient (Wildman–Crippen LogP) is 3.84. The van der Waals surface area contributed by atoms with Crippen molar-refractivity contribution < 1.29 is 13.3 Å². The Morgan fingerprint density at radius 2 is 1.82 bits per heavy atom. The second kappa shape index (κ2) is 9.16. The van der Waals surface area contributed by atoms with Crippen molar-refractivity contribution in [1.29, 1.82) is 0 Å². The van der Waals surface area contributed by atoms with Crippen molar-refractivity contribution in [3.8, 4) is 0 Å². The van der Waals surface area contributed by atoms with Crippen LogP contribution in [0.3, 0.4) is 0 Å². The van der Waals surface area contributed by atoms with E-state index in [1.54, 1.807) is 24.4 Å². The van der Waals surface area contributed by atoms with E-state index in [0.717, 1.165) is 26.9 Å². The van der Waals surface area contributed by atoms with Crippen LogP contribution in [0.4, 0.5) is 5.69 Å². The zero-order valence-electron chi connectivity index (χ0n) is 18.6. The van der Waals surface area contributed by atoms with Gasteiger partial charge in [-0.15, -0.1) is 0 Å². The number of nitrogens with zero attached hydrogens (tertiary/aromatic N) is 3. The molecule has 0 saturated carbocycles. The molecule has 0 spiro atoms. The molecule has 0 fully saturated rings. The average molecular weight is 479 g/mol. The van der Waals surface area contributed by atoms with E-state index in [1.807, 2.05) is 26.0 Å². The normalized spacial score (nSPS) is 11.7. The number of fused-ring (bicyclic) bond motifs is 1. The van der Waals surface area contributed by atoms with Gasteiger partial charge in [0.05, 0.1) is 4.92 Å². The van der Waals surface area contributed by atoms with Gasteiger partial charge in [0, 0.05) is 48.0 Å². The van der Waals surface area contributed by atoms with E-state index in [1.165, 1.54) is 24.4 Å². The van der Waals surface area contributed by atoms with Crippen molar-refractivity contribution in [1.82, 2.24) is 14.3 Å². The molecule has 2 aromatic heterocycles. The summed E-state index contributed by atoms with van der Waals surface area (Å²) in [6.07, 6.45) is 3.07. The minimum atomic E-state index is -4.35. The molecule has 9 nitrogen and oxygen atoms in total. The first-order valence-corrected chi connectivity index (χ1v) is 11.9. The Morgan fingerprint density at radius 1 is 1.06 bits per heavy atom. The summed E-state index contributed by atoms with van der Waals surface area (Å²) in [6.45, 7) is 3.44. The number of pyridine rings is 2. The van der Waals surface area contributed by atoms with Crippen molar-refractivity contribution in [2.45, 2.75) is 31.8 Å². The Morgan fingerprint density at radius 3 is 2.53 bits per heavy atom. The number of aromatic nitrogens is 2. The van der Waals surface area contributed by atoms with Gasteiger partial charge in [0.25, 0.3) is 21.3 Å². The SMILES string of the molecule is Cc1cc(C)c2cc(CN(Cc3cccnc3)S(=O)(=O)c3ccccc3[N+](=O)[O-])c(=O)[nH]c2c1. The van der Waals surface area contributed by atoms with Gasteiger partial charge in [-0.2, -0.15) is 4.31 Å². The number of sulfonamides is 1. The van der Waals surface area contributed by atoms with Gasteiger partial charge in [0.2, 0.25) is 0 Å². The van der Waals surface area contributed by atoms with Crippen LogP contribution in [0.5, 0.6) is 0 Å². The number of aryl methyl sites for hydroxylation is 2. The molecule has 0 unspecified atom stereocenters. The molecule has 0 amide bonds. The number of aromatic amines is 1. The number of nitro groups is 1. The van der Waals surface area contributed by atoms with Gasteiger partial charge in [0.1, 0.15) is 0 Å². The first-order chi connectivity index (χ1) is 16.2. The highest BCUT2D eigenvalue weighted by Crippen LogP contribution is 2.28. The fourth-order valence-corrected chi connectivity index (χ4v) is 5.47. The largest absolute Gasteiger partial charge is 0.322 e. The highest BCUT2D eigenvalue weighted by Gasteiger charge is 2.32. The Labute approximate surface area is 195 Å². The molecule has 1 N–H and O–H groups in total. The maximum atomic E-state index is 13.6. The molecule has 2 heterocycles.